The minimum absolute atomic E-state index is 0.0411. The molecule has 5 amide bonds. The van der Waals surface area contributed by atoms with Gasteiger partial charge in [-0.05, 0) is 38.0 Å². The average Bonchev–Trinajstić information content (AvgIpc) is 3.45. The summed E-state index contributed by atoms with van der Waals surface area (Å²) in [6.07, 6.45) is 0.320. The number of urea groups is 1. The van der Waals surface area contributed by atoms with Gasteiger partial charge < -0.3 is 14.8 Å². The van der Waals surface area contributed by atoms with Crippen LogP contribution in [0, 0.1) is 0 Å². The highest BCUT2D eigenvalue weighted by molar-refractivity contribution is 6.22. The number of ether oxygens (including phenoxy) is 2. The van der Waals surface area contributed by atoms with Crippen LogP contribution in [-0.2, 0) is 14.3 Å². The van der Waals surface area contributed by atoms with Gasteiger partial charge in [0.2, 0.25) is 0 Å². The van der Waals surface area contributed by atoms with Crippen LogP contribution in [0.5, 0.6) is 0 Å². The molecule has 0 saturated carbocycles. The van der Waals surface area contributed by atoms with E-state index in [2.05, 4.69) is 5.32 Å². The third-order valence-electron chi connectivity index (χ3n) is 5.37. The second-order valence-corrected chi connectivity index (χ2v) is 7.39. The molecule has 2 fully saturated rings. The summed E-state index contributed by atoms with van der Waals surface area (Å²) in [5.41, 5.74) is 0.372. The number of esters is 1. The van der Waals surface area contributed by atoms with Crippen molar-refractivity contribution < 1.29 is 33.4 Å². The van der Waals surface area contributed by atoms with Gasteiger partial charge in [0.25, 0.3) is 17.7 Å². The summed E-state index contributed by atoms with van der Waals surface area (Å²) in [7, 11) is 0. The van der Waals surface area contributed by atoms with Gasteiger partial charge in [0.1, 0.15) is 0 Å². The number of carbonyl (C=O) groups excluding carboxylic acids is 5. The van der Waals surface area contributed by atoms with E-state index in [0.29, 0.717) is 13.2 Å². The van der Waals surface area contributed by atoms with Gasteiger partial charge >= 0.3 is 12.0 Å². The number of rotatable bonds is 5. The van der Waals surface area contributed by atoms with Crippen molar-refractivity contribution in [3.05, 3.63) is 34.9 Å². The van der Waals surface area contributed by atoms with Gasteiger partial charge in [0.15, 0.2) is 6.10 Å². The van der Waals surface area contributed by atoms with Gasteiger partial charge in [-0.25, -0.2) is 9.59 Å². The Morgan fingerprint density at radius 1 is 1.23 bits per heavy atom. The molecule has 0 unspecified atom stereocenters. The van der Waals surface area contributed by atoms with Crippen molar-refractivity contribution >= 4 is 29.7 Å². The Bertz CT molecular complexity index is 938. The second kappa shape index (κ2) is 7.86. The number of hydrogen-bond acceptors (Lipinski definition) is 7. The van der Waals surface area contributed by atoms with Crippen LogP contribution in [0.2, 0.25) is 0 Å². The summed E-state index contributed by atoms with van der Waals surface area (Å²) in [4.78, 5) is 63.7. The molecule has 2 saturated heterocycles. The largest absolute Gasteiger partial charge is 0.449 e. The fourth-order valence-electron chi connectivity index (χ4n) is 3.76. The molecule has 3 aliphatic rings. The number of imide groups is 2. The Labute approximate surface area is 172 Å². The minimum Gasteiger partial charge on any atom is -0.449 e. The number of hydrogen-bond donors (Lipinski definition) is 1. The van der Waals surface area contributed by atoms with Crippen molar-refractivity contribution in [1.82, 2.24) is 15.1 Å². The first-order chi connectivity index (χ1) is 14.4. The third kappa shape index (κ3) is 3.54. The second-order valence-electron chi connectivity index (χ2n) is 7.39. The molecular weight excluding hydrogens is 394 g/mol. The maximum atomic E-state index is 12.7. The molecule has 0 aliphatic carbocycles. The number of nitrogens with one attached hydrogen (secondary N) is 1. The summed E-state index contributed by atoms with van der Waals surface area (Å²) in [6.45, 7) is 2.71. The Balaban J connectivity index is 1.45. The monoisotopic (exact) mass is 415 g/mol. The summed E-state index contributed by atoms with van der Waals surface area (Å²) >= 11 is 0. The summed E-state index contributed by atoms with van der Waals surface area (Å²) in [5, 5.41) is 2.50. The van der Waals surface area contributed by atoms with E-state index in [-0.39, 0.29) is 35.9 Å². The molecule has 3 aliphatic heterocycles. The Kier molecular flexibility index (Phi) is 5.25. The van der Waals surface area contributed by atoms with Crippen LogP contribution in [0.25, 0.3) is 0 Å². The first kappa shape index (κ1) is 20.0. The smallest absolute Gasteiger partial charge is 0.338 e. The standard InChI is InChI=1S/C20H21N3O7/c1-11(16(24)22-7-6-21-20(22)28)30-19(27)12-4-5-14-15(9-12)18(26)23(17(14)25)10-13-3-2-8-29-13/h4-5,9,11,13H,2-3,6-8,10H2,1H3,(H,21,28)/t11-,13+/m0/s1. The van der Waals surface area contributed by atoms with Crippen molar-refractivity contribution in [3.63, 3.8) is 0 Å². The molecule has 30 heavy (non-hydrogen) atoms. The normalized spacial score (nSPS) is 21.6. The van der Waals surface area contributed by atoms with Gasteiger partial charge in [-0.1, -0.05) is 0 Å². The lowest BCUT2D eigenvalue weighted by Crippen LogP contribution is -2.41. The van der Waals surface area contributed by atoms with Crippen LogP contribution in [0.4, 0.5) is 4.79 Å². The lowest BCUT2D eigenvalue weighted by atomic mass is 10.1. The first-order valence-electron chi connectivity index (χ1n) is 9.79. The summed E-state index contributed by atoms with van der Waals surface area (Å²) < 4.78 is 10.7. The topological polar surface area (TPSA) is 122 Å². The number of nitrogens with zero attached hydrogens (tertiary/aromatic N) is 2. The quantitative estimate of drug-likeness (QED) is 0.551. The van der Waals surface area contributed by atoms with Crippen LogP contribution >= 0.6 is 0 Å². The maximum absolute atomic E-state index is 12.7. The molecule has 0 spiro atoms. The number of fused-ring (bicyclic) bond motifs is 1. The zero-order chi connectivity index (χ0) is 21.4. The van der Waals surface area contributed by atoms with E-state index < -0.39 is 35.8 Å². The Hall–Kier alpha value is -3.27. The van der Waals surface area contributed by atoms with Crippen LogP contribution in [0.15, 0.2) is 18.2 Å². The summed E-state index contributed by atoms with van der Waals surface area (Å²) in [6, 6.07) is 3.55. The van der Waals surface area contributed by atoms with E-state index in [1.165, 1.54) is 25.1 Å². The fraction of sp³-hybridized carbons (Fsp3) is 0.450. The maximum Gasteiger partial charge on any atom is 0.338 e. The molecule has 2 atom stereocenters. The molecule has 0 aromatic heterocycles. The third-order valence-corrected chi connectivity index (χ3v) is 5.37. The lowest BCUT2D eigenvalue weighted by Gasteiger charge is -2.18. The van der Waals surface area contributed by atoms with Gasteiger partial charge in [0.05, 0.1) is 29.3 Å². The highest BCUT2D eigenvalue weighted by atomic mass is 16.5. The molecule has 3 heterocycles. The molecule has 0 bridgehead atoms. The number of carbonyl (C=O) groups is 5. The molecule has 0 radical (unpaired) electrons. The Morgan fingerprint density at radius 3 is 2.67 bits per heavy atom. The fourth-order valence-corrected chi connectivity index (χ4v) is 3.76. The number of amides is 5. The van der Waals surface area contributed by atoms with Crippen LogP contribution in [0.1, 0.15) is 50.8 Å². The highest BCUT2D eigenvalue weighted by Crippen LogP contribution is 2.26. The molecule has 10 heteroatoms. The lowest BCUT2D eigenvalue weighted by molar-refractivity contribution is -0.136. The van der Waals surface area contributed by atoms with Gasteiger partial charge in [0, 0.05) is 19.7 Å². The van der Waals surface area contributed by atoms with Crippen LogP contribution in [0.3, 0.4) is 0 Å². The molecule has 1 aromatic carbocycles. The molecule has 1 N–H and O–H groups in total. The van der Waals surface area contributed by atoms with Crippen molar-refractivity contribution in [2.75, 3.05) is 26.2 Å². The SMILES string of the molecule is C[C@H](OC(=O)c1ccc2c(c1)C(=O)N(C[C@H]1CCCO1)C2=O)C(=O)N1CCNC1=O. The van der Waals surface area contributed by atoms with E-state index in [0.717, 1.165) is 22.6 Å². The molecular formula is C20H21N3O7. The van der Waals surface area contributed by atoms with E-state index in [1.54, 1.807) is 0 Å². The molecule has 10 nitrogen and oxygen atoms in total. The molecule has 158 valence electrons. The van der Waals surface area contributed by atoms with Gasteiger partial charge in [-0.3, -0.25) is 24.2 Å². The van der Waals surface area contributed by atoms with E-state index >= 15 is 0 Å². The molecule has 1 aromatic rings. The van der Waals surface area contributed by atoms with Crippen molar-refractivity contribution in [2.45, 2.75) is 32.0 Å². The number of benzene rings is 1. The minimum atomic E-state index is -1.18. The van der Waals surface area contributed by atoms with Crippen molar-refractivity contribution in [1.29, 1.82) is 0 Å². The van der Waals surface area contributed by atoms with Crippen LogP contribution in [-0.4, -0.2) is 78.0 Å². The molecule has 4 rings (SSSR count). The van der Waals surface area contributed by atoms with Gasteiger partial charge in [-0.2, -0.15) is 0 Å². The predicted octanol–water partition coefficient (Wildman–Crippen LogP) is 0.559. The van der Waals surface area contributed by atoms with Gasteiger partial charge in [-0.15, -0.1) is 0 Å². The average molecular weight is 415 g/mol. The Morgan fingerprint density at radius 2 is 2.00 bits per heavy atom. The van der Waals surface area contributed by atoms with E-state index in [1.807, 2.05) is 0 Å². The van der Waals surface area contributed by atoms with Crippen molar-refractivity contribution in [3.8, 4) is 0 Å². The van der Waals surface area contributed by atoms with Crippen LogP contribution < -0.4 is 5.32 Å². The van der Waals surface area contributed by atoms with Crippen molar-refractivity contribution in [2.24, 2.45) is 0 Å². The zero-order valence-corrected chi connectivity index (χ0v) is 16.4. The zero-order valence-electron chi connectivity index (χ0n) is 16.4. The summed E-state index contributed by atoms with van der Waals surface area (Å²) in [5.74, 6) is -2.36. The van der Waals surface area contributed by atoms with E-state index in [4.69, 9.17) is 9.47 Å². The predicted molar refractivity (Wildman–Crippen MR) is 101 cm³/mol. The van der Waals surface area contributed by atoms with E-state index in [9.17, 15) is 24.0 Å². The highest BCUT2D eigenvalue weighted by Gasteiger charge is 2.38. The first-order valence-corrected chi connectivity index (χ1v) is 9.79.